The van der Waals surface area contributed by atoms with Gasteiger partial charge in [-0.1, -0.05) is 17.7 Å². The van der Waals surface area contributed by atoms with Gasteiger partial charge in [0.05, 0.1) is 23.3 Å². The van der Waals surface area contributed by atoms with E-state index in [1.807, 2.05) is 13.0 Å². The number of ketones is 1. The van der Waals surface area contributed by atoms with Crippen LogP contribution >= 0.6 is 11.6 Å². The first-order valence-electron chi connectivity index (χ1n) is 5.63. The number of hydrogen-bond acceptors (Lipinski definition) is 4. The number of aromatic nitrogens is 1. The largest absolute Gasteiger partial charge is 0.496 e. The number of carbonyl (C=O) groups is 1. The Hall–Kier alpha value is -2.07. The van der Waals surface area contributed by atoms with E-state index in [9.17, 15) is 4.79 Å². The summed E-state index contributed by atoms with van der Waals surface area (Å²) < 4.78 is 5.22. The molecule has 19 heavy (non-hydrogen) atoms. The average molecular weight is 277 g/mol. The van der Waals surface area contributed by atoms with Crippen LogP contribution in [0.15, 0.2) is 30.5 Å². The highest BCUT2D eigenvalue weighted by Gasteiger charge is 2.18. The number of anilines is 1. The van der Waals surface area contributed by atoms with Crippen LogP contribution in [0.1, 0.15) is 21.5 Å². The number of nitrogens with two attached hydrogens (primary N) is 1. The normalized spacial score (nSPS) is 10.3. The first-order valence-corrected chi connectivity index (χ1v) is 6.01. The Kier molecular flexibility index (Phi) is 3.71. The third kappa shape index (κ3) is 2.69. The van der Waals surface area contributed by atoms with Crippen LogP contribution in [0, 0.1) is 6.92 Å². The second-order valence-electron chi connectivity index (χ2n) is 4.12. The highest BCUT2D eigenvalue weighted by atomic mass is 35.5. The summed E-state index contributed by atoms with van der Waals surface area (Å²) in [5.41, 5.74) is 7.43. The molecule has 0 aliphatic rings. The molecule has 0 spiro atoms. The van der Waals surface area contributed by atoms with Gasteiger partial charge in [0.15, 0.2) is 0 Å². The molecule has 0 aliphatic carbocycles. The Morgan fingerprint density at radius 1 is 1.32 bits per heavy atom. The van der Waals surface area contributed by atoms with Gasteiger partial charge in [0, 0.05) is 6.20 Å². The van der Waals surface area contributed by atoms with Gasteiger partial charge in [-0.05, 0) is 30.7 Å². The van der Waals surface area contributed by atoms with Gasteiger partial charge in [0.25, 0.3) is 0 Å². The molecule has 5 heteroatoms. The van der Waals surface area contributed by atoms with Crippen LogP contribution in [-0.4, -0.2) is 17.9 Å². The molecule has 4 nitrogen and oxygen atoms in total. The van der Waals surface area contributed by atoms with Crippen molar-refractivity contribution >= 4 is 23.2 Å². The van der Waals surface area contributed by atoms with E-state index in [0.29, 0.717) is 16.3 Å². The first kappa shape index (κ1) is 13.4. The van der Waals surface area contributed by atoms with Crippen molar-refractivity contribution in [3.8, 4) is 5.75 Å². The topological polar surface area (TPSA) is 65.2 Å². The molecule has 0 bridgehead atoms. The van der Waals surface area contributed by atoms with E-state index < -0.39 is 0 Å². The molecule has 1 heterocycles. The maximum Gasteiger partial charge on any atom is 0.200 e. The van der Waals surface area contributed by atoms with Crippen LogP contribution in [0.4, 0.5) is 5.82 Å². The molecular weight excluding hydrogens is 264 g/mol. The molecule has 2 N–H and O–H groups in total. The lowest BCUT2D eigenvalue weighted by Crippen LogP contribution is -2.08. The van der Waals surface area contributed by atoms with Gasteiger partial charge < -0.3 is 10.5 Å². The Morgan fingerprint density at radius 3 is 2.74 bits per heavy atom. The van der Waals surface area contributed by atoms with Gasteiger partial charge in [-0.25, -0.2) is 4.98 Å². The summed E-state index contributed by atoms with van der Waals surface area (Å²) in [5, 5.41) is 0.364. The summed E-state index contributed by atoms with van der Waals surface area (Å²) in [6.45, 7) is 1.92. The molecule has 1 aromatic heterocycles. The second kappa shape index (κ2) is 5.28. The van der Waals surface area contributed by atoms with Crippen molar-refractivity contribution in [2.75, 3.05) is 12.8 Å². The van der Waals surface area contributed by atoms with Crippen molar-refractivity contribution in [3.63, 3.8) is 0 Å². The molecule has 0 saturated carbocycles. The van der Waals surface area contributed by atoms with Gasteiger partial charge >= 0.3 is 0 Å². The molecule has 0 unspecified atom stereocenters. The molecule has 1 aromatic carbocycles. The Bertz CT molecular complexity index is 641. The fourth-order valence-corrected chi connectivity index (χ4v) is 1.92. The molecule has 0 radical (unpaired) electrons. The third-order valence-electron chi connectivity index (χ3n) is 2.73. The lowest BCUT2D eigenvalue weighted by molar-refractivity contribution is 0.103. The number of rotatable bonds is 3. The van der Waals surface area contributed by atoms with Gasteiger partial charge in [-0.15, -0.1) is 0 Å². The van der Waals surface area contributed by atoms with Crippen molar-refractivity contribution in [3.05, 3.63) is 52.2 Å². The summed E-state index contributed by atoms with van der Waals surface area (Å²) in [7, 11) is 1.52. The van der Waals surface area contributed by atoms with Crippen LogP contribution in [0.25, 0.3) is 0 Å². The van der Waals surface area contributed by atoms with E-state index in [4.69, 9.17) is 22.1 Å². The van der Waals surface area contributed by atoms with E-state index in [1.54, 1.807) is 12.1 Å². The Morgan fingerprint density at radius 2 is 2.05 bits per heavy atom. The molecule has 0 saturated heterocycles. The van der Waals surface area contributed by atoms with E-state index in [-0.39, 0.29) is 17.2 Å². The predicted molar refractivity (Wildman–Crippen MR) is 74.8 cm³/mol. The smallest absolute Gasteiger partial charge is 0.200 e. The standard InChI is InChI=1S/C14H13ClN2O2/c1-8-3-4-10(12(5-8)19-2)13(18)11-6-9(15)7-17-14(11)16/h3-7H,1-2H3,(H2,16,17). The molecule has 2 rings (SSSR count). The highest BCUT2D eigenvalue weighted by molar-refractivity contribution is 6.31. The van der Waals surface area contributed by atoms with Gasteiger partial charge in [0.1, 0.15) is 11.6 Å². The fourth-order valence-electron chi connectivity index (χ4n) is 1.76. The van der Waals surface area contributed by atoms with Crippen molar-refractivity contribution < 1.29 is 9.53 Å². The minimum atomic E-state index is -0.260. The summed E-state index contributed by atoms with van der Waals surface area (Å²) in [6.07, 6.45) is 1.40. The number of halogens is 1. The van der Waals surface area contributed by atoms with Crippen molar-refractivity contribution in [2.24, 2.45) is 0 Å². The number of ether oxygens (including phenoxy) is 1. The maximum atomic E-state index is 12.5. The van der Waals surface area contributed by atoms with Crippen molar-refractivity contribution in [1.29, 1.82) is 0 Å². The second-order valence-corrected chi connectivity index (χ2v) is 4.56. The maximum absolute atomic E-state index is 12.5. The number of aryl methyl sites for hydroxylation is 1. The van der Waals surface area contributed by atoms with Crippen LogP contribution in [0.2, 0.25) is 5.02 Å². The zero-order valence-corrected chi connectivity index (χ0v) is 11.4. The number of nitrogens with zero attached hydrogens (tertiary/aromatic N) is 1. The lowest BCUT2D eigenvalue weighted by Gasteiger charge is -2.10. The fraction of sp³-hybridized carbons (Fsp3) is 0.143. The number of nitrogen functional groups attached to an aromatic ring is 1. The average Bonchev–Trinajstić information content (AvgIpc) is 2.40. The van der Waals surface area contributed by atoms with Crippen molar-refractivity contribution in [1.82, 2.24) is 4.98 Å². The van der Waals surface area contributed by atoms with E-state index >= 15 is 0 Å². The first-order chi connectivity index (χ1) is 9.02. The molecule has 0 fully saturated rings. The summed E-state index contributed by atoms with van der Waals surface area (Å²) in [4.78, 5) is 16.3. The Labute approximate surface area is 116 Å². The lowest BCUT2D eigenvalue weighted by atomic mass is 10.0. The molecule has 0 amide bonds. The monoisotopic (exact) mass is 276 g/mol. The molecule has 98 valence electrons. The van der Waals surface area contributed by atoms with E-state index in [2.05, 4.69) is 4.98 Å². The molecular formula is C14H13ClN2O2. The van der Waals surface area contributed by atoms with Gasteiger partial charge in [-0.2, -0.15) is 0 Å². The quantitative estimate of drug-likeness (QED) is 0.876. The third-order valence-corrected chi connectivity index (χ3v) is 2.94. The summed E-state index contributed by atoms with van der Waals surface area (Å²) >= 11 is 5.85. The zero-order valence-electron chi connectivity index (χ0n) is 10.6. The van der Waals surface area contributed by atoms with Crippen molar-refractivity contribution in [2.45, 2.75) is 6.92 Å². The minimum absolute atomic E-state index is 0.150. The van der Waals surface area contributed by atoms with Crippen LogP contribution in [0.3, 0.4) is 0 Å². The number of pyridine rings is 1. The number of hydrogen-bond donors (Lipinski definition) is 1. The minimum Gasteiger partial charge on any atom is -0.496 e. The van der Waals surface area contributed by atoms with Crippen LogP contribution in [-0.2, 0) is 0 Å². The zero-order chi connectivity index (χ0) is 14.0. The number of benzene rings is 1. The highest BCUT2D eigenvalue weighted by Crippen LogP contribution is 2.25. The van der Waals surface area contributed by atoms with Gasteiger partial charge in [0.2, 0.25) is 5.78 Å². The molecule has 2 aromatic rings. The number of carbonyl (C=O) groups excluding carboxylic acids is 1. The van der Waals surface area contributed by atoms with Crippen LogP contribution < -0.4 is 10.5 Å². The molecule has 0 aliphatic heterocycles. The van der Waals surface area contributed by atoms with Gasteiger partial charge in [-0.3, -0.25) is 4.79 Å². The SMILES string of the molecule is COc1cc(C)ccc1C(=O)c1cc(Cl)cnc1N. The summed E-state index contributed by atoms with van der Waals surface area (Å²) in [5.74, 6) is 0.394. The van der Waals surface area contributed by atoms with E-state index in [1.165, 1.54) is 19.4 Å². The molecule has 0 atom stereocenters. The summed E-state index contributed by atoms with van der Waals surface area (Å²) in [6, 6.07) is 6.84. The number of methoxy groups -OCH3 is 1. The predicted octanol–water partition coefficient (Wildman–Crippen LogP) is 2.87. The van der Waals surface area contributed by atoms with E-state index in [0.717, 1.165) is 5.56 Å². The Balaban J connectivity index is 2.53. The van der Waals surface area contributed by atoms with Crippen LogP contribution in [0.5, 0.6) is 5.75 Å².